The molecule has 0 aromatic heterocycles. The van der Waals surface area contributed by atoms with Crippen LogP contribution in [0, 0.1) is 81.4 Å². The van der Waals surface area contributed by atoms with Crippen molar-refractivity contribution >= 4 is 70.9 Å². The van der Waals surface area contributed by atoms with Gasteiger partial charge in [0.05, 0.1) is 43.5 Å². The maximum absolute atomic E-state index is 10.4. The Hall–Kier alpha value is -11.1. The van der Waals surface area contributed by atoms with Crippen molar-refractivity contribution in [3.63, 3.8) is 0 Å². The van der Waals surface area contributed by atoms with Gasteiger partial charge in [0, 0.05) is 11.1 Å². The van der Waals surface area contributed by atoms with E-state index >= 15 is 0 Å². The van der Waals surface area contributed by atoms with Gasteiger partial charge in [-0.2, -0.15) is 15.8 Å². The van der Waals surface area contributed by atoms with E-state index in [1.54, 1.807) is 12.1 Å². The lowest BCUT2D eigenvalue weighted by molar-refractivity contribution is 1.35. The largest absolute Gasteiger partial charge is 0.238 e. The van der Waals surface area contributed by atoms with Crippen LogP contribution in [-0.4, -0.2) is 0 Å². The third-order valence-corrected chi connectivity index (χ3v) is 16.4. The molecule has 6 heteroatoms. The Morgan fingerprint density at radius 3 is 1.32 bits per heavy atom. The smallest absolute Gasteiger partial charge is 0.189 e. The van der Waals surface area contributed by atoms with Gasteiger partial charge in [-0.25, -0.2) is 14.5 Å². The van der Waals surface area contributed by atoms with Crippen molar-refractivity contribution in [2.24, 2.45) is 0 Å². The highest BCUT2D eigenvalue weighted by Gasteiger charge is 2.31. The minimum Gasteiger partial charge on any atom is -0.238 e. The van der Waals surface area contributed by atoms with Gasteiger partial charge in [-0.1, -0.05) is 96.1 Å². The maximum Gasteiger partial charge on any atom is 0.189 e. The number of nitrogens with zero attached hydrogens (tertiary/aromatic N) is 6. The van der Waals surface area contributed by atoms with Gasteiger partial charge in [0.15, 0.2) is 17.1 Å². The lowest BCUT2D eigenvalue weighted by Crippen LogP contribution is -1.93. The Morgan fingerprint density at radius 2 is 0.718 bits per heavy atom. The predicted molar refractivity (Wildman–Crippen MR) is 316 cm³/mol. The fourth-order valence-electron chi connectivity index (χ4n) is 13.4. The average Bonchev–Trinajstić information content (AvgIpc) is 3.88. The van der Waals surface area contributed by atoms with Crippen LogP contribution >= 0.6 is 0 Å². The standard InChI is InChI=1S/C72H38N6/c1-37-20-41(34-73)21-38(2)67(37)54-16-17-57-63-32-65-59(44-24-42(35-74)26-47(28-44)77-6)30-60-49(61(65)31-62(63)52-12-8-10-50(54)70(52)57)14-15-56-64(60)33-66-53-13-9-11-51-55(68-39(3)22-46(76-5)23-40(68)4)18-19-58(71(51)53)72(66)69(56)45-25-43(36-75)27-48(29-45)78-7/h8-33H,1-4H3. The molecule has 0 aliphatic heterocycles. The van der Waals surface area contributed by atoms with E-state index in [1.165, 1.54) is 5.39 Å². The third kappa shape index (κ3) is 6.37. The summed E-state index contributed by atoms with van der Waals surface area (Å²) >= 11 is 0. The summed E-state index contributed by atoms with van der Waals surface area (Å²) in [7, 11) is 0. The summed E-state index contributed by atoms with van der Waals surface area (Å²) in [5.74, 6) is 0. The highest BCUT2D eigenvalue weighted by molar-refractivity contribution is 6.31. The molecular formula is C72H38N6. The first-order valence-electron chi connectivity index (χ1n) is 25.6. The van der Waals surface area contributed by atoms with Crippen LogP contribution < -0.4 is 0 Å². The molecule has 0 N–H and O–H groups in total. The van der Waals surface area contributed by atoms with Gasteiger partial charge in [0.25, 0.3) is 0 Å². The average molecular weight is 987 g/mol. The SMILES string of the molecule is [C-]#[N+]c1cc(C#N)cc(-c2cc3c4cc5c(c(-c6cc(C#N)cc([N+]#[C-])c6)c4ccc3c3cc4c(cc23)-c2ccc(-c3c(C)cc(C#N)cc3C)c3cccc-4c23)-c2ccc(-c3c(C)cc([N+]#[C-])cc3C)c3cccc-5c23)c1. The molecule has 6 nitrogen and oxygen atoms in total. The van der Waals surface area contributed by atoms with Crippen LogP contribution in [0.5, 0.6) is 0 Å². The zero-order chi connectivity index (χ0) is 53.4. The van der Waals surface area contributed by atoms with Crippen molar-refractivity contribution in [3.8, 4) is 107 Å². The number of nitriles is 3. The topological polar surface area (TPSA) is 84.5 Å². The lowest BCUT2D eigenvalue weighted by atomic mass is 9.83. The van der Waals surface area contributed by atoms with Gasteiger partial charge in [0.2, 0.25) is 0 Å². The van der Waals surface area contributed by atoms with E-state index in [0.717, 1.165) is 160 Å². The minimum atomic E-state index is 0.375. The molecule has 0 bridgehead atoms. The molecule has 0 amide bonds. The molecule has 356 valence electrons. The Bertz CT molecular complexity index is 5030. The second-order valence-electron chi connectivity index (χ2n) is 20.7. The zero-order valence-electron chi connectivity index (χ0n) is 42.7. The van der Waals surface area contributed by atoms with Crippen molar-refractivity contribution in [1.29, 1.82) is 15.8 Å². The molecule has 2 aliphatic carbocycles. The normalized spacial score (nSPS) is 11.5. The molecular weight excluding hydrogens is 949 g/mol. The molecule has 0 saturated heterocycles. The van der Waals surface area contributed by atoms with Crippen molar-refractivity contribution < 1.29 is 0 Å². The van der Waals surface area contributed by atoms with Crippen LogP contribution in [0.2, 0.25) is 0 Å². The Labute approximate surface area is 450 Å². The van der Waals surface area contributed by atoms with Gasteiger partial charge in [-0.15, -0.1) is 0 Å². The van der Waals surface area contributed by atoms with Crippen LogP contribution in [0.1, 0.15) is 38.9 Å². The first-order chi connectivity index (χ1) is 38.0. The van der Waals surface area contributed by atoms with Crippen molar-refractivity contribution in [1.82, 2.24) is 0 Å². The van der Waals surface area contributed by atoms with E-state index in [-0.39, 0.29) is 0 Å². The maximum atomic E-state index is 10.4. The molecule has 0 atom stereocenters. The fourth-order valence-corrected chi connectivity index (χ4v) is 13.4. The van der Waals surface area contributed by atoms with Crippen LogP contribution in [0.4, 0.5) is 17.1 Å². The summed E-state index contributed by atoms with van der Waals surface area (Å²) in [4.78, 5) is 11.5. The molecule has 12 aromatic rings. The van der Waals surface area contributed by atoms with E-state index in [9.17, 15) is 15.8 Å². The molecule has 0 fully saturated rings. The predicted octanol–water partition coefficient (Wildman–Crippen LogP) is 19.9. The van der Waals surface area contributed by atoms with E-state index in [1.807, 2.05) is 48.5 Å². The van der Waals surface area contributed by atoms with Gasteiger partial charge in [-0.05, 0) is 254 Å². The van der Waals surface area contributed by atoms with Crippen LogP contribution in [0.15, 0.2) is 158 Å². The van der Waals surface area contributed by atoms with Gasteiger partial charge in [-0.3, -0.25) is 0 Å². The molecule has 0 radical (unpaired) electrons. The van der Waals surface area contributed by atoms with E-state index in [2.05, 4.69) is 157 Å². The van der Waals surface area contributed by atoms with Crippen LogP contribution in [-0.2, 0) is 0 Å². The van der Waals surface area contributed by atoms with Crippen molar-refractivity contribution in [2.75, 3.05) is 0 Å². The summed E-state index contributed by atoms with van der Waals surface area (Å²) in [5, 5.41) is 41.1. The Morgan fingerprint density at radius 1 is 0.295 bits per heavy atom. The third-order valence-electron chi connectivity index (χ3n) is 16.4. The molecule has 12 aromatic carbocycles. The summed E-state index contributed by atoms with van der Waals surface area (Å²) in [6.07, 6.45) is 0. The second kappa shape index (κ2) is 16.7. The summed E-state index contributed by atoms with van der Waals surface area (Å²) in [5.41, 5.74) is 23.4. The molecule has 14 rings (SSSR count). The summed E-state index contributed by atoms with van der Waals surface area (Å²) < 4.78 is 0. The summed E-state index contributed by atoms with van der Waals surface area (Å²) in [6.45, 7) is 32.3. The highest BCUT2D eigenvalue weighted by atomic mass is 14.6. The van der Waals surface area contributed by atoms with E-state index < -0.39 is 0 Å². The molecule has 0 spiro atoms. The van der Waals surface area contributed by atoms with E-state index in [0.29, 0.717) is 33.8 Å². The van der Waals surface area contributed by atoms with Crippen molar-refractivity contribution in [2.45, 2.75) is 27.7 Å². The second-order valence-corrected chi connectivity index (χ2v) is 20.7. The number of hydrogen-bond donors (Lipinski definition) is 0. The van der Waals surface area contributed by atoms with Gasteiger partial charge in [0.1, 0.15) is 0 Å². The first kappa shape index (κ1) is 45.5. The van der Waals surface area contributed by atoms with Crippen LogP contribution in [0.3, 0.4) is 0 Å². The number of aryl methyl sites for hydroxylation is 4. The number of benzene rings is 12. The fraction of sp³-hybridized carbons (Fsp3) is 0.0556. The van der Waals surface area contributed by atoms with Gasteiger partial charge < -0.3 is 0 Å². The minimum absolute atomic E-state index is 0.375. The highest BCUT2D eigenvalue weighted by Crippen LogP contribution is 2.58. The first-order valence-corrected chi connectivity index (χ1v) is 25.6. The van der Waals surface area contributed by atoms with Gasteiger partial charge >= 0.3 is 0 Å². The van der Waals surface area contributed by atoms with Crippen molar-refractivity contribution in [3.05, 3.63) is 231 Å². The van der Waals surface area contributed by atoms with E-state index in [4.69, 9.17) is 19.7 Å². The monoisotopic (exact) mass is 986 g/mol. The molecule has 2 aliphatic rings. The molecule has 78 heavy (non-hydrogen) atoms. The Balaban J connectivity index is 1.10. The molecule has 0 heterocycles. The number of hydrogen-bond acceptors (Lipinski definition) is 3. The lowest BCUT2D eigenvalue weighted by Gasteiger charge is -2.20. The summed E-state index contributed by atoms with van der Waals surface area (Å²) in [6, 6.07) is 61.2. The molecule has 0 saturated carbocycles. The number of rotatable bonds is 4. The number of fused-ring (bicyclic) bond motifs is 11. The Kier molecular flexibility index (Phi) is 9.74. The van der Waals surface area contributed by atoms with Crippen LogP contribution in [0.25, 0.3) is 157 Å². The molecule has 0 unspecified atom stereocenters. The quantitative estimate of drug-likeness (QED) is 0.130. The zero-order valence-corrected chi connectivity index (χ0v) is 42.7.